The molecule has 6 heteroatoms. The first-order valence-corrected chi connectivity index (χ1v) is 11.8. The van der Waals surface area contributed by atoms with Gasteiger partial charge >= 0.3 is 0 Å². The number of benzene rings is 2. The number of nitrogens with one attached hydrogen (secondary N) is 1. The minimum absolute atomic E-state index is 0.0864. The van der Waals surface area contributed by atoms with Crippen LogP contribution in [0.4, 0.5) is 5.95 Å². The number of ether oxygens (including phenoxy) is 1. The molecule has 0 bridgehead atoms. The van der Waals surface area contributed by atoms with Crippen molar-refractivity contribution in [2.75, 3.05) is 31.6 Å². The summed E-state index contributed by atoms with van der Waals surface area (Å²) < 4.78 is 8.16. The largest absolute Gasteiger partial charge is 0.381 e. The number of carbonyl (C=O) groups is 1. The minimum Gasteiger partial charge on any atom is -0.381 e. The third-order valence-electron chi connectivity index (χ3n) is 7.38. The zero-order valence-electron chi connectivity index (χ0n) is 18.4. The highest BCUT2D eigenvalue weighted by Gasteiger charge is 2.51. The van der Waals surface area contributed by atoms with Gasteiger partial charge in [0.05, 0.1) is 23.6 Å². The summed E-state index contributed by atoms with van der Waals surface area (Å²) in [4.78, 5) is 20.9. The second kappa shape index (κ2) is 8.01. The maximum absolute atomic E-state index is 13.7. The average Bonchev–Trinajstić information content (AvgIpc) is 3.50. The van der Waals surface area contributed by atoms with Crippen molar-refractivity contribution >= 4 is 22.9 Å². The number of para-hydroxylation sites is 2. The number of amides is 1. The van der Waals surface area contributed by atoms with Crippen LogP contribution in [0.3, 0.4) is 0 Å². The molecule has 166 valence electrons. The van der Waals surface area contributed by atoms with E-state index >= 15 is 0 Å². The molecule has 3 aromatic rings. The van der Waals surface area contributed by atoms with Gasteiger partial charge in [0.25, 0.3) is 0 Å². The molecule has 2 aliphatic heterocycles. The summed E-state index contributed by atoms with van der Waals surface area (Å²) in [5.41, 5.74) is 3.23. The lowest BCUT2D eigenvalue weighted by Crippen LogP contribution is -2.44. The highest BCUT2D eigenvalue weighted by Crippen LogP contribution is 2.44. The molecule has 1 amide bonds. The van der Waals surface area contributed by atoms with E-state index in [-0.39, 0.29) is 17.2 Å². The molecule has 1 saturated carbocycles. The fourth-order valence-electron chi connectivity index (χ4n) is 5.70. The SMILES string of the molecule is O=C(Nc1nc2ccccc2n1C1CC1)C1CN(Cc2ccccc2)CC12CCCOC2. The summed E-state index contributed by atoms with van der Waals surface area (Å²) in [6.07, 6.45) is 4.35. The van der Waals surface area contributed by atoms with Gasteiger partial charge in [0.2, 0.25) is 11.9 Å². The lowest BCUT2D eigenvalue weighted by Gasteiger charge is -2.37. The van der Waals surface area contributed by atoms with Crippen molar-refractivity contribution in [1.29, 1.82) is 0 Å². The molecule has 1 aliphatic carbocycles. The number of hydrogen-bond acceptors (Lipinski definition) is 4. The smallest absolute Gasteiger partial charge is 0.231 e. The molecule has 6 nitrogen and oxygen atoms in total. The first kappa shape index (κ1) is 19.9. The number of hydrogen-bond donors (Lipinski definition) is 1. The molecule has 32 heavy (non-hydrogen) atoms. The predicted octanol–water partition coefficient (Wildman–Crippen LogP) is 4.24. The Morgan fingerprint density at radius 3 is 2.72 bits per heavy atom. The van der Waals surface area contributed by atoms with Gasteiger partial charge in [-0.3, -0.25) is 15.0 Å². The molecule has 2 unspecified atom stereocenters. The van der Waals surface area contributed by atoms with Crippen LogP contribution in [0, 0.1) is 11.3 Å². The molecule has 3 heterocycles. The van der Waals surface area contributed by atoms with Crippen LogP contribution in [0.1, 0.15) is 37.3 Å². The Bertz CT molecular complexity index is 1120. The van der Waals surface area contributed by atoms with Crippen molar-refractivity contribution in [3.63, 3.8) is 0 Å². The lowest BCUT2D eigenvalue weighted by molar-refractivity contribution is -0.126. The number of anilines is 1. The van der Waals surface area contributed by atoms with E-state index in [0.717, 1.165) is 63.0 Å². The summed E-state index contributed by atoms with van der Waals surface area (Å²) in [7, 11) is 0. The lowest BCUT2D eigenvalue weighted by atomic mass is 9.73. The van der Waals surface area contributed by atoms with E-state index in [9.17, 15) is 4.79 Å². The number of likely N-dealkylation sites (tertiary alicyclic amines) is 1. The highest BCUT2D eigenvalue weighted by molar-refractivity contribution is 5.94. The van der Waals surface area contributed by atoms with Crippen molar-refractivity contribution in [1.82, 2.24) is 14.5 Å². The number of aromatic nitrogens is 2. The van der Waals surface area contributed by atoms with Crippen LogP contribution in [-0.2, 0) is 16.1 Å². The molecule has 2 atom stereocenters. The molecule has 6 rings (SSSR count). The van der Waals surface area contributed by atoms with Crippen LogP contribution in [0.5, 0.6) is 0 Å². The Balaban J connectivity index is 1.27. The standard InChI is InChI=1S/C26H30N4O2/c31-24(28-25-27-22-9-4-5-10-23(22)30(25)20-11-12-20)21-16-29(15-19-7-2-1-3-8-19)17-26(21)13-6-14-32-18-26/h1-5,7-10,20-21H,6,11-18H2,(H,27,28,31). The van der Waals surface area contributed by atoms with Gasteiger partial charge in [-0.05, 0) is 43.4 Å². The Hall–Kier alpha value is -2.70. The summed E-state index contributed by atoms with van der Waals surface area (Å²) in [6, 6.07) is 19.2. The predicted molar refractivity (Wildman–Crippen MR) is 124 cm³/mol. The van der Waals surface area contributed by atoms with Crippen molar-refractivity contribution in [3.8, 4) is 0 Å². The summed E-state index contributed by atoms with van der Waals surface area (Å²) in [5, 5.41) is 3.25. The molecule has 3 fully saturated rings. The summed E-state index contributed by atoms with van der Waals surface area (Å²) in [5.74, 6) is 0.689. The van der Waals surface area contributed by atoms with Gasteiger partial charge in [0.15, 0.2) is 0 Å². The van der Waals surface area contributed by atoms with Crippen LogP contribution < -0.4 is 5.32 Å². The third-order valence-corrected chi connectivity index (χ3v) is 7.38. The zero-order chi connectivity index (χ0) is 21.5. The van der Waals surface area contributed by atoms with Crippen LogP contribution in [0.2, 0.25) is 0 Å². The van der Waals surface area contributed by atoms with Gasteiger partial charge in [0.1, 0.15) is 0 Å². The molecular weight excluding hydrogens is 400 g/mol. The van der Waals surface area contributed by atoms with Crippen LogP contribution in [0.15, 0.2) is 54.6 Å². The van der Waals surface area contributed by atoms with Crippen LogP contribution >= 0.6 is 0 Å². The maximum Gasteiger partial charge on any atom is 0.231 e. The van der Waals surface area contributed by atoms with Gasteiger partial charge in [-0.25, -0.2) is 4.98 Å². The van der Waals surface area contributed by atoms with Gasteiger partial charge in [0, 0.05) is 37.7 Å². The number of fused-ring (bicyclic) bond motifs is 1. The number of imidazole rings is 1. The molecule has 1 aromatic heterocycles. The fraction of sp³-hybridized carbons (Fsp3) is 0.462. The number of carbonyl (C=O) groups excluding carboxylic acids is 1. The molecule has 3 aliphatic rings. The second-order valence-corrected chi connectivity index (χ2v) is 9.74. The fourth-order valence-corrected chi connectivity index (χ4v) is 5.70. The molecule has 2 aromatic carbocycles. The summed E-state index contributed by atoms with van der Waals surface area (Å²) in [6.45, 7) is 3.99. The van der Waals surface area contributed by atoms with E-state index in [1.807, 2.05) is 24.3 Å². The molecule has 1 N–H and O–H groups in total. The van der Waals surface area contributed by atoms with Gasteiger partial charge in [-0.1, -0.05) is 42.5 Å². The van der Waals surface area contributed by atoms with Gasteiger partial charge < -0.3 is 9.30 Å². The van der Waals surface area contributed by atoms with Crippen molar-refractivity contribution in [2.24, 2.45) is 11.3 Å². The van der Waals surface area contributed by atoms with Gasteiger partial charge in [-0.2, -0.15) is 0 Å². The Labute approximate surface area is 188 Å². The van der Waals surface area contributed by atoms with E-state index in [2.05, 4.69) is 45.1 Å². The maximum atomic E-state index is 13.7. The van der Waals surface area contributed by atoms with E-state index in [1.165, 1.54) is 5.56 Å². The Kier molecular flexibility index (Phi) is 5.00. The number of nitrogens with zero attached hydrogens (tertiary/aromatic N) is 3. The third kappa shape index (κ3) is 3.61. The molecule has 1 spiro atoms. The minimum atomic E-state index is -0.118. The van der Waals surface area contributed by atoms with E-state index in [1.54, 1.807) is 0 Å². The molecule has 0 radical (unpaired) electrons. The van der Waals surface area contributed by atoms with Crippen molar-refractivity contribution in [2.45, 2.75) is 38.3 Å². The molecule has 2 saturated heterocycles. The highest BCUT2D eigenvalue weighted by atomic mass is 16.5. The average molecular weight is 431 g/mol. The van der Waals surface area contributed by atoms with Crippen molar-refractivity contribution < 1.29 is 9.53 Å². The number of rotatable bonds is 5. The van der Waals surface area contributed by atoms with E-state index in [4.69, 9.17) is 9.72 Å². The zero-order valence-corrected chi connectivity index (χ0v) is 18.4. The Morgan fingerprint density at radius 2 is 1.94 bits per heavy atom. The quantitative estimate of drug-likeness (QED) is 0.658. The van der Waals surface area contributed by atoms with E-state index in [0.29, 0.717) is 18.6 Å². The Morgan fingerprint density at radius 1 is 1.12 bits per heavy atom. The van der Waals surface area contributed by atoms with Crippen LogP contribution in [0.25, 0.3) is 11.0 Å². The topological polar surface area (TPSA) is 59.4 Å². The normalized spacial score (nSPS) is 26.1. The van der Waals surface area contributed by atoms with Crippen molar-refractivity contribution in [3.05, 3.63) is 60.2 Å². The monoisotopic (exact) mass is 430 g/mol. The van der Waals surface area contributed by atoms with Crippen LogP contribution in [-0.4, -0.2) is 46.7 Å². The second-order valence-electron chi connectivity index (χ2n) is 9.74. The van der Waals surface area contributed by atoms with Gasteiger partial charge in [-0.15, -0.1) is 0 Å². The van der Waals surface area contributed by atoms with E-state index < -0.39 is 0 Å². The molecular formula is C26H30N4O2. The summed E-state index contributed by atoms with van der Waals surface area (Å²) >= 11 is 0. The first-order chi connectivity index (χ1) is 15.7. The first-order valence-electron chi connectivity index (χ1n) is 11.8.